The maximum Gasteiger partial charge on any atom is 0.319 e. The maximum atomic E-state index is 12.1. The van der Waals surface area contributed by atoms with Crippen LogP contribution in [0.2, 0.25) is 0 Å². The van der Waals surface area contributed by atoms with Crippen molar-refractivity contribution in [3.63, 3.8) is 0 Å². The molecule has 0 radical (unpaired) electrons. The SMILES string of the molecule is COc1cccc(CNC(=O)Nc2cccc(NC(=O)C3CC3)c2)c1. The van der Waals surface area contributed by atoms with Crippen molar-refractivity contribution < 1.29 is 14.3 Å². The molecular weight excluding hydrogens is 318 g/mol. The molecule has 1 saturated carbocycles. The fraction of sp³-hybridized carbons (Fsp3) is 0.263. The van der Waals surface area contributed by atoms with Gasteiger partial charge in [0.05, 0.1) is 7.11 Å². The smallest absolute Gasteiger partial charge is 0.319 e. The molecule has 1 fully saturated rings. The summed E-state index contributed by atoms with van der Waals surface area (Å²) in [5, 5.41) is 8.42. The molecule has 0 atom stereocenters. The van der Waals surface area contributed by atoms with Crippen molar-refractivity contribution in [3.8, 4) is 5.75 Å². The van der Waals surface area contributed by atoms with Crippen LogP contribution in [-0.2, 0) is 11.3 Å². The molecule has 6 heteroatoms. The van der Waals surface area contributed by atoms with Gasteiger partial charge in [0.15, 0.2) is 0 Å². The van der Waals surface area contributed by atoms with E-state index < -0.39 is 0 Å². The summed E-state index contributed by atoms with van der Waals surface area (Å²) >= 11 is 0. The van der Waals surface area contributed by atoms with Crippen molar-refractivity contribution in [3.05, 3.63) is 54.1 Å². The minimum Gasteiger partial charge on any atom is -0.497 e. The number of nitrogens with one attached hydrogen (secondary N) is 3. The van der Waals surface area contributed by atoms with Crippen molar-refractivity contribution in [2.45, 2.75) is 19.4 Å². The molecule has 130 valence electrons. The zero-order valence-corrected chi connectivity index (χ0v) is 14.0. The number of amides is 3. The van der Waals surface area contributed by atoms with Gasteiger partial charge in [-0.25, -0.2) is 4.79 Å². The standard InChI is InChI=1S/C19H21N3O3/c1-25-17-7-2-4-13(10-17)12-20-19(24)22-16-6-3-5-15(11-16)21-18(23)14-8-9-14/h2-7,10-11,14H,8-9,12H2,1H3,(H,21,23)(H2,20,22,24). The molecule has 1 aliphatic carbocycles. The number of carbonyl (C=O) groups excluding carboxylic acids is 2. The van der Waals surface area contributed by atoms with Crippen molar-refractivity contribution in [1.82, 2.24) is 5.32 Å². The van der Waals surface area contributed by atoms with Gasteiger partial charge in [0.25, 0.3) is 0 Å². The average molecular weight is 339 g/mol. The number of rotatable bonds is 6. The van der Waals surface area contributed by atoms with Crippen LogP contribution in [-0.4, -0.2) is 19.0 Å². The Balaban J connectivity index is 1.52. The second-order valence-electron chi connectivity index (χ2n) is 6.00. The van der Waals surface area contributed by atoms with Crippen LogP contribution in [0, 0.1) is 5.92 Å². The third-order valence-electron chi connectivity index (χ3n) is 3.92. The molecule has 3 amide bonds. The number of anilines is 2. The van der Waals surface area contributed by atoms with Gasteiger partial charge >= 0.3 is 6.03 Å². The minimum atomic E-state index is -0.312. The third kappa shape index (κ3) is 4.97. The van der Waals surface area contributed by atoms with Gasteiger partial charge in [-0.2, -0.15) is 0 Å². The molecule has 0 spiro atoms. The summed E-state index contributed by atoms with van der Waals surface area (Å²) in [4.78, 5) is 23.9. The predicted molar refractivity (Wildman–Crippen MR) is 96.6 cm³/mol. The van der Waals surface area contributed by atoms with E-state index in [0.717, 1.165) is 24.2 Å². The molecule has 0 aliphatic heterocycles. The first-order chi connectivity index (χ1) is 12.1. The number of hydrogen-bond donors (Lipinski definition) is 3. The summed E-state index contributed by atoms with van der Waals surface area (Å²) < 4.78 is 5.16. The molecule has 3 rings (SSSR count). The lowest BCUT2D eigenvalue weighted by Crippen LogP contribution is -2.28. The van der Waals surface area contributed by atoms with Gasteiger partial charge in [-0.1, -0.05) is 18.2 Å². The number of carbonyl (C=O) groups is 2. The summed E-state index contributed by atoms with van der Waals surface area (Å²) in [6, 6.07) is 14.3. The Kier molecular flexibility index (Phi) is 5.18. The lowest BCUT2D eigenvalue weighted by Gasteiger charge is -2.10. The Bertz CT molecular complexity index is 772. The molecule has 6 nitrogen and oxygen atoms in total. The van der Waals surface area contributed by atoms with Crippen LogP contribution in [0.5, 0.6) is 5.75 Å². The van der Waals surface area contributed by atoms with Crippen LogP contribution in [0.3, 0.4) is 0 Å². The first kappa shape index (κ1) is 16.8. The topological polar surface area (TPSA) is 79.5 Å². The van der Waals surface area contributed by atoms with Crippen LogP contribution >= 0.6 is 0 Å². The molecule has 1 aliphatic rings. The second-order valence-corrected chi connectivity index (χ2v) is 6.00. The zero-order valence-electron chi connectivity index (χ0n) is 14.0. The fourth-order valence-corrected chi connectivity index (χ4v) is 2.40. The Labute approximate surface area is 146 Å². The zero-order chi connectivity index (χ0) is 17.6. The molecule has 2 aromatic carbocycles. The Hall–Kier alpha value is -3.02. The lowest BCUT2D eigenvalue weighted by molar-refractivity contribution is -0.117. The molecule has 0 saturated heterocycles. The number of methoxy groups -OCH3 is 1. The third-order valence-corrected chi connectivity index (χ3v) is 3.92. The number of ether oxygens (including phenoxy) is 1. The maximum absolute atomic E-state index is 12.1. The summed E-state index contributed by atoms with van der Waals surface area (Å²) in [7, 11) is 1.61. The summed E-state index contributed by atoms with van der Waals surface area (Å²) in [5.74, 6) is 0.932. The van der Waals surface area contributed by atoms with Crippen molar-refractivity contribution in [1.29, 1.82) is 0 Å². The molecule has 0 unspecified atom stereocenters. The normalized spacial score (nSPS) is 13.0. The highest BCUT2D eigenvalue weighted by Crippen LogP contribution is 2.30. The first-order valence-corrected chi connectivity index (χ1v) is 8.23. The molecular formula is C19H21N3O3. The molecule has 0 aromatic heterocycles. The van der Waals surface area contributed by atoms with E-state index in [1.165, 1.54) is 0 Å². The van der Waals surface area contributed by atoms with Gasteiger partial charge in [-0.3, -0.25) is 4.79 Å². The van der Waals surface area contributed by atoms with Crippen LogP contribution in [0.1, 0.15) is 18.4 Å². The predicted octanol–water partition coefficient (Wildman–Crippen LogP) is 3.37. The Morgan fingerprint density at radius 1 is 1.04 bits per heavy atom. The van der Waals surface area contributed by atoms with Crippen LogP contribution < -0.4 is 20.7 Å². The van der Waals surface area contributed by atoms with Crippen molar-refractivity contribution in [2.75, 3.05) is 17.7 Å². The van der Waals surface area contributed by atoms with E-state index in [0.29, 0.717) is 17.9 Å². The lowest BCUT2D eigenvalue weighted by atomic mass is 10.2. The largest absolute Gasteiger partial charge is 0.497 e. The van der Waals surface area contributed by atoms with Gasteiger partial charge in [0.1, 0.15) is 5.75 Å². The number of urea groups is 1. The van der Waals surface area contributed by atoms with Crippen molar-refractivity contribution >= 4 is 23.3 Å². The molecule has 3 N–H and O–H groups in total. The molecule has 25 heavy (non-hydrogen) atoms. The molecule has 0 bridgehead atoms. The summed E-state index contributed by atoms with van der Waals surface area (Å²) in [6.07, 6.45) is 1.91. The van der Waals surface area contributed by atoms with Crippen molar-refractivity contribution in [2.24, 2.45) is 5.92 Å². The summed E-state index contributed by atoms with van der Waals surface area (Å²) in [5.41, 5.74) is 2.25. The van der Waals surface area contributed by atoms with E-state index >= 15 is 0 Å². The monoisotopic (exact) mass is 339 g/mol. The molecule has 0 heterocycles. The highest BCUT2D eigenvalue weighted by atomic mass is 16.5. The number of hydrogen-bond acceptors (Lipinski definition) is 3. The van der Waals surface area contributed by atoms with E-state index in [4.69, 9.17) is 4.74 Å². The summed E-state index contributed by atoms with van der Waals surface area (Å²) in [6.45, 7) is 0.390. The van der Waals surface area contributed by atoms with E-state index in [1.54, 1.807) is 31.4 Å². The average Bonchev–Trinajstić information content (AvgIpc) is 3.46. The number of benzene rings is 2. The quantitative estimate of drug-likeness (QED) is 0.755. The van der Waals surface area contributed by atoms with Crippen LogP contribution in [0.4, 0.5) is 16.2 Å². The highest BCUT2D eigenvalue weighted by Gasteiger charge is 2.29. The van der Waals surface area contributed by atoms with E-state index in [9.17, 15) is 9.59 Å². The highest BCUT2D eigenvalue weighted by molar-refractivity contribution is 5.95. The Morgan fingerprint density at radius 2 is 1.76 bits per heavy atom. The Morgan fingerprint density at radius 3 is 2.48 bits per heavy atom. The van der Waals surface area contributed by atoms with Gasteiger partial charge < -0.3 is 20.7 Å². The van der Waals surface area contributed by atoms with E-state index in [1.807, 2.05) is 24.3 Å². The van der Waals surface area contributed by atoms with Crippen LogP contribution in [0.25, 0.3) is 0 Å². The van der Waals surface area contributed by atoms with E-state index in [2.05, 4.69) is 16.0 Å². The second kappa shape index (κ2) is 7.70. The molecule has 2 aromatic rings. The van der Waals surface area contributed by atoms with E-state index in [-0.39, 0.29) is 17.9 Å². The van der Waals surface area contributed by atoms with Gasteiger partial charge in [-0.05, 0) is 48.7 Å². The van der Waals surface area contributed by atoms with Crippen LogP contribution in [0.15, 0.2) is 48.5 Å². The van der Waals surface area contributed by atoms with Gasteiger partial charge in [0.2, 0.25) is 5.91 Å². The van der Waals surface area contributed by atoms with Gasteiger partial charge in [-0.15, -0.1) is 0 Å². The minimum absolute atomic E-state index is 0.0413. The fourth-order valence-electron chi connectivity index (χ4n) is 2.40. The first-order valence-electron chi connectivity index (χ1n) is 8.23. The van der Waals surface area contributed by atoms with Gasteiger partial charge in [0, 0.05) is 23.8 Å².